The molecule has 94 valence electrons. The fraction of sp³-hybridized carbons (Fsp3) is 0.636. The van der Waals surface area contributed by atoms with Gasteiger partial charge in [0.15, 0.2) is 5.69 Å². The highest BCUT2D eigenvalue weighted by atomic mass is 16.5. The molecule has 1 aliphatic heterocycles. The third kappa shape index (κ3) is 2.41. The number of carbonyl (C=O) groups excluding carboxylic acids is 1. The Morgan fingerprint density at radius 2 is 2.53 bits per heavy atom. The fourth-order valence-corrected chi connectivity index (χ4v) is 1.86. The molecule has 1 aliphatic rings. The quantitative estimate of drug-likeness (QED) is 0.810. The van der Waals surface area contributed by atoms with Gasteiger partial charge in [-0.25, -0.2) is 4.68 Å². The molecule has 0 bridgehead atoms. The maximum Gasteiger partial charge on any atom is 0.274 e. The minimum Gasteiger partial charge on any atom is -0.478 e. The predicted octanol–water partition coefficient (Wildman–Crippen LogP) is 0.120. The van der Waals surface area contributed by atoms with E-state index in [-0.39, 0.29) is 12.5 Å². The van der Waals surface area contributed by atoms with Gasteiger partial charge in [0.2, 0.25) is 5.88 Å². The molecule has 0 fully saturated rings. The molecule has 1 aromatic rings. The maximum atomic E-state index is 12.1. The summed E-state index contributed by atoms with van der Waals surface area (Å²) < 4.78 is 7.12. The van der Waals surface area contributed by atoms with Gasteiger partial charge in [-0.05, 0) is 6.92 Å². The van der Waals surface area contributed by atoms with Crippen LogP contribution in [0.3, 0.4) is 0 Å². The minimum absolute atomic E-state index is 0.0380. The lowest BCUT2D eigenvalue weighted by atomic mass is 10.3. The van der Waals surface area contributed by atoms with E-state index in [9.17, 15) is 4.79 Å². The number of aryl methyl sites for hydroxylation is 1. The van der Waals surface area contributed by atoms with Crippen molar-refractivity contribution in [3.63, 3.8) is 0 Å². The third-order valence-corrected chi connectivity index (χ3v) is 2.77. The normalized spacial score (nSPS) is 14.0. The van der Waals surface area contributed by atoms with Crippen LogP contribution in [0.4, 0.5) is 0 Å². The van der Waals surface area contributed by atoms with E-state index in [1.54, 1.807) is 15.6 Å². The van der Waals surface area contributed by atoms with E-state index in [2.05, 4.69) is 5.10 Å². The Morgan fingerprint density at radius 1 is 1.71 bits per heavy atom. The first-order valence-electron chi connectivity index (χ1n) is 5.87. The summed E-state index contributed by atoms with van der Waals surface area (Å²) >= 11 is 0. The van der Waals surface area contributed by atoms with Crippen LogP contribution in [-0.4, -0.2) is 52.0 Å². The van der Waals surface area contributed by atoms with Gasteiger partial charge in [0, 0.05) is 32.1 Å². The van der Waals surface area contributed by atoms with E-state index in [0.29, 0.717) is 31.3 Å². The van der Waals surface area contributed by atoms with Crippen LogP contribution in [0.25, 0.3) is 0 Å². The topological polar surface area (TPSA) is 67.6 Å². The Balaban J connectivity index is 2.15. The van der Waals surface area contributed by atoms with E-state index in [4.69, 9.17) is 9.84 Å². The van der Waals surface area contributed by atoms with Crippen molar-refractivity contribution in [2.24, 2.45) is 0 Å². The van der Waals surface area contributed by atoms with Crippen LogP contribution < -0.4 is 4.74 Å². The molecule has 1 amide bonds. The summed E-state index contributed by atoms with van der Waals surface area (Å²) in [6.45, 7) is 4.19. The highest BCUT2D eigenvalue weighted by Gasteiger charge is 2.21. The molecule has 0 atom stereocenters. The first-order valence-corrected chi connectivity index (χ1v) is 5.87. The number of amides is 1. The van der Waals surface area contributed by atoms with E-state index < -0.39 is 0 Å². The van der Waals surface area contributed by atoms with Crippen molar-refractivity contribution < 1.29 is 14.6 Å². The predicted molar refractivity (Wildman–Crippen MR) is 61.0 cm³/mol. The second-order valence-electron chi connectivity index (χ2n) is 3.90. The molecule has 17 heavy (non-hydrogen) atoms. The minimum atomic E-state index is -0.160. The fourth-order valence-electron chi connectivity index (χ4n) is 1.86. The van der Waals surface area contributed by atoms with Crippen molar-refractivity contribution in [2.75, 3.05) is 26.3 Å². The molecule has 6 heteroatoms. The third-order valence-electron chi connectivity index (χ3n) is 2.77. The summed E-state index contributed by atoms with van der Waals surface area (Å²) in [5.41, 5.74) is 0.386. The van der Waals surface area contributed by atoms with Crippen LogP contribution in [0.1, 0.15) is 23.8 Å². The Morgan fingerprint density at radius 3 is 3.18 bits per heavy atom. The average molecular weight is 239 g/mol. The van der Waals surface area contributed by atoms with Crippen molar-refractivity contribution in [1.29, 1.82) is 0 Å². The molecule has 1 N–H and O–H groups in total. The van der Waals surface area contributed by atoms with Crippen LogP contribution in [-0.2, 0) is 6.54 Å². The van der Waals surface area contributed by atoms with Crippen molar-refractivity contribution in [2.45, 2.75) is 19.9 Å². The average Bonchev–Trinajstić information content (AvgIpc) is 2.78. The number of ether oxygens (including phenoxy) is 1. The summed E-state index contributed by atoms with van der Waals surface area (Å²) in [5.74, 6) is 0.492. The zero-order chi connectivity index (χ0) is 12.3. The molecule has 0 unspecified atom stereocenters. The molecule has 2 heterocycles. The Bertz CT molecular complexity index is 379. The number of likely N-dealkylation sites (N-methyl/N-ethyl adjacent to an activating group) is 1. The molecule has 0 radical (unpaired) electrons. The lowest BCUT2D eigenvalue weighted by Crippen LogP contribution is -2.33. The molecule has 0 saturated carbocycles. The van der Waals surface area contributed by atoms with Crippen LogP contribution in [0.2, 0.25) is 0 Å². The van der Waals surface area contributed by atoms with Crippen LogP contribution >= 0.6 is 0 Å². The zero-order valence-electron chi connectivity index (χ0n) is 9.93. The van der Waals surface area contributed by atoms with Gasteiger partial charge in [-0.3, -0.25) is 4.79 Å². The number of aliphatic hydroxyl groups is 1. The van der Waals surface area contributed by atoms with Gasteiger partial charge in [-0.15, -0.1) is 0 Å². The molecule has 1 aromatic heterocycles. The molecule has 0 saturated heterocycles. The zero-order valence-corrected chi connectivity index (χ0v) is 9.93. The van der Waals surface area contributed by atoms with Crippen molar-refractivity contribution >= 4 is 5.91 Å². The number of carbonyl (C=O) groups is 1. The number of rotatable bonds is 4. The second-order valence-corrected chi connectivity index (χ2v) is 3.90. The lowest BCUT2D eigenvalue weighted by molar-refractivity contribution is 0.0725. The first kappa shape index (κ1) is 11.9. The number of hydrogen-bond acceptors (Lipinski definition) is 4. The van der Waals surface area contributed by atoms with Gasteiger partial charge in [-0.1, -0.05) is 0 Å². The first-order chi connectivity index (χ1) is 8.26. The SMILES string of the molecule is CCN(CCO)C(=O)c1cc2n(n1)CCCO2. The van der Waals surface area contributed by atoms with Gasteiger partial charge < -0.3 is 14.7 Å². The molecule has 6 nitrogen and oxygen atoms in total. The van der Waals surface area contributed by atoms with Gasteiger partial charge in [0.05, 0.1) is 13.2 Å². The summed E-state index contributed by atoms with van der Waals surface area (Å²) in [7, 11) is 0. The maximum absolute atomic E-state index is 12.1. The summed E-state index contributed by atoms with van der Waals surface area (Å²) in [5, 5.41) is 13.1. The largest absolute Gasteiger partial charge is 0.478 e. The van der Waals surface area contributed by atoms with E-state index >= 15 is 0 Å². The number of fused-ring (bicyclic) bond motifs is 1. The number of aliphatic hydroxyl groups excluding tert-OH is 1. The molecule has 0 spiro atoms. The molecule has 2 rings (SSSR count). The standard InChI is InChI=1S/C11H17N3O3/c1-2-13(5-6-15)11(16)9-8-10-14(12-9)4-3-7-17-10/h8,15H,2-7H2,1H3. The molecular formula is C11H17N3O3. The van der Waals surface area contributed by atoms with Gasteiger partial charge in [0.1, 0.15) is 0 Å². The molecule has 0 aromatic carbocycles. The Kier molecular flexibility index (Phi) is 3.63. The van der Waals surface area contributed by atoms with E-state index in [1.807, 2.05) is 6.92 Å². The smallest absolute Gasteiger partial charge is 0.274 e. The van der Waals surface area contributed by atoms with Crippen LogP contribution in [0, 0.1) is 0 Å². The van der Waals surface area contributed by atoms with E-state index in [1.165, 1.54) is 0 Å². The van der Waals surface area contributed by atoms with E-state index in [0.717, 1.165) is 13.0 Å². The highest BCUT2D eigenvalue weighted by Crippen LogP contribution is 2.19. The second kappa shape index (κ2) is 5.18. The number of hydrogen-bond donors (Lipinski definition) is 1. The Hall–Kier alpha value is -1.56. The number of nitrogens with zero attached hydrogens (tertiary/aromatic N) is 3. The van der Waals surface area contributed by atoms with Crippen LogP contribution in [0.5, 0.6) is 5.88 Å². The molecular weight excluding hydrogens is 222 g/mol. The lowest BCUT2D eigenvalue weighted by Gasteiger charge is -2.17. The van der Waals surface area contributed by atoms with Gasteiger partial charge in [-0.2, -0.15) is 5.10 Å². The highest BCUT2D eigenvalue weighted by molar-refractivity contribution is 5.92. The van der Waals surface area contributed by atoms with Gasteiger partial charge in [0.25, 0.3) is 5.91 Å². The Labute approximate surface area is 99.8 Å². The van der Waals surface area contributed by atoms with Crippen LogP contribution in [0.15, 0.2) is 6.07 Å². The molecule has 0 aliphatic carbocycles. The van der Waals surface area contributed by atoms with Gasteiger partial charge >= 0.3 is 0 Å². The monoisotopic (exact) mass is 239 g/mol. The van der Waals surface area contributed by atoms with Crippen molar-refractivity contribution in [3.8, 4) is 5.88 Å². The van der Waals surface area contributed by atoms with Crippen molar-refractivity contribution in [3.05, 3.63) is 11.8 Å². The summed E-state index contributed by atoms with van der Waals surface area (Å²) in [6.07, 6.45) is 0.913. The summed E-state index contributed by atoms with van der Waals surface area (Å²) in [4.78, 5) is 13.6. The summed E-state index contributed by atoms with van der Waals surface area (Å²) in [6, 6.07) is 1.67. The van der Waals surface area contributed by atoms with Crippen molar-refractivity contribution in [1.82, 2.24) is 14.7 Å². The number of aromatic nitrogens is 2.